The number of aliphatic carboxylic acids is 1. The number of carboxylic acid groups (broad SMARTS) is 1. The van der Waals surface area contributed by atoms with E-state index in [1.165, 1.54) is 16.2 Å². The molecular weight excluding hydrogens is 328 g/mol. The average Bonchev–Trinajstić information content (AvgIpc) is 3.07. The van der Waals surface area contributed by atoms with Crippen LogP contribution in [0.5, 0.6) is 5.75 Å². The van der Waals surface area contributed by atoms with Crippen LogP contribution in [0.3, 0.4) is 0 Å². The second kappa shape index (κ2) is 8.44. The van der Waals surface area contributed by atoms with Gasteiger partial charge in [-0.25, -0.2) is 4.98 Å². The molecule has 1 amide bonds. The summed E-state index contributed by atoms with van der Waals surface area (Å²) in [6.45, 7) is 4.45. The van der Waals surface area contributed by atoms with E-state index in [9.17, 15) is 9.59 Å². The molecule has 0 saturated carbocycles. The largest absolute Gasteiger partial charge is 0.494 e. The third-order valence-corrected chi connectivity index (χ3v) is 4.18. The molecule has 2 aromatic rings. The summed E-state index contributed by atoms with van der Waals surface area (Å²) in [5.74, 6) is -0.610. The van der Waals surface area contributed by atoms with E-state index in [1.807, 2.05) is 31.2 Å². The molecule has 0 spiro atoms. The maximum atomic E-state index is 12.3. The first-order chi connectivity index (χ1) is 11.5. The molecule has 0 atom stereocenters. The fourth-order valence-corrected chi connectivity index (χ4v) is 2.87. The van der Waals surface area contributed by atoms with Crippen molar-refractivity contribution >= 4 is 23.2 Å². The normalized spacial score (nSPS) is 10.4. The molecular formula is C17H20N2O4S. The van der Waals surface area contributed by atoms with Crippen molar-refractivity contribution in [3.8, 4) is 16.3 Å². The number of benzene rings is 1. The Morgan fingerprint density at radius 2 is 1.96 bits per heavy atom. The molecule has 1 aromatic heterocycles. The summed E-state index contributed by atoms with van der Waals surface area (Å²) >= 11 is 1.35. The van der Waals surface area contributed by atoms with Gasteiger partial charge in [0.15, 0.2) is 0 Å². The van der Waals surface area contributed by atoms with Crippen molar-refractivity contribution in [2.45, 2.75) is 20.3 Å². The molecule has 0 aliphatic heterocycles. The fraction of sp³-hybridized carbons (Fsp3) is 0.353. The van der Waals surface area contributed by atoms with E-state index < -0.39 is 5.97 Å². The second-order valence-corrected chi connectivity index (χ2v) is 5.98. The van der Waals surface area contributed by atoms with Crippen molar-refractivity contribution in [3.05, 3.63) is 35.3 Å². The molecule has 0 unspecified atom stereocenters. The van der Waals surface area contributed by atoms with Gasteiger partial charge < -0.3 is 14.7 Å². The number of carbonyl (C=O) groups is 2. The molecule has 6 nitrogen and oxygen atoms in total. The maximum absolute atomic E-state index is 12.3. The first kappa shape index (κ1) is 17.9. The van der Waals surface area contributed by atoms with E-state index in [0.29, 0.717) is 18.2 Å². The fourth-order valence-electron chi connectivity index (χ4n) is 2.07. The smallest absolute Gasteiger partial charge is 0.323 e. The second-order valence-electron chi connectivity index (χ2n) is 5.12. The van der Waals surface area contributed by atoms with Crippen LogP contribution >= 0.6 is 11.3 Å². The lowest BCUT2D eigenvalue weighted by atomic mass is 10.2. The molecule has 0 bridgehead atoms. The summed E-state index contributed by atoms with van der Waals surface area (Å²) in [6, 6.07) is 7.53. The Bertz CT molecular complexity index is 697. The molecule has 7 heteroatoms. The zero-order valence-electron chi connectivity index (χ0n) is 13.7. The number of aromatic nitrogens is 1. The van der Waals surface area contributed by atoms with Gasteiger partial charge in [0.2, 0.25) is 0 Å². The first-order valence-electron chi connectivity index (χ1n) is 7.75. The van der Waals surface area contributed by atoms with Crippen LogP contribution in [0.4, 0.5) is 0 Å². The zero-order valence-corrected chi connectivity index (χ0v) is 14.5. The van der Waals surface area contributed by atoms with Gasteiger partial charge in [0, 0.05) is 17.5 Å². The SMILES string of the molecule is CCCOc1ccc(-c2nc(C(=O)N(CC)CC(=O)O)cs2)cc1. The van der Waals surface area contributed by atoms with Crippen LogP contribution in [0.1, 0.15) is 30.8 Å². The van der Waals surface area contributed by atoms with E-state index in [2.05, 4.69) is 4.98 Å². The Hall–Kier alpha value is -2.41. The lowest BCUT2D eigenvalue weighted by Crippen LogP contribution is -2.35. The molecule has 0 saturated heterocycles. The van der Waals surface area contributed by atoms with E-state index in [0.717, 1.165) is 17.7 Å². The van der Waals surface area contributed by atoms with Crippen LogP contribution < -0.4 is 4.74 Å². The molecule has 1 N–H and O–H groups in total. The summed E-state index contributed by atoms with van der Waals surface area (Å²) in [4.78, 5) is 28.7. The highest BCUT2D eigenvalue weighted by molar-refractivity contribution is 7.13. The summed E-state index contributed by atoms with van der Waals surface area (Å²) in [7, 11) is 0. The van der Waals surface area contributed by atoms with E-state index >= 15 is 0 Å². The van der Waals surface area contributed by atoms with Gasteiger partial charge in [-0.2, -0.15) is 0 Å². The minimum atomic E-state index is -1.04. The van der Waals surface area contributed by atoms with Crippen molar-refractivity contribution in [3.63, 3.8) is 0 Å². The number of thiazole rings is 1. The van der Waals surface area contributed by atoms with Crippen molar-refractivity contribution in [1.82, 2.24) is 9.88 Å². The van der Waals surface area contributed by atoms with Crippen LogP contribution in [0.25, 0.3) is 10.6 Å². The molecule has 2 rings (SSSR count). The van der Waals surface area contributed by atoms with Crippen molar-refractivity contribution in [1.29, 1.82) is 0 Å². The number of amides is 1. The van der Waals surface area contributed by atoms with Gasteiger partial charge in [0.1, 0.15) is 23.0 Å². The summed E-state index contributed by atoms with van der Waals surface area (Å²) in [5, 5.41) is 11.2. The monoisotopic (exact) mass is 348 g/mol. The van der Waals surface area contributed by atoms with E-state index in [1.54, 1.807) is 12.3 Å². The predicted molar refractivity (Wildman–Crippen MR) is 92.5 cm³/mol. The van der Waals surface area contributed by atoms with E-state index in [4.69, 9.17) is 9.84 Å². The van der Waals surface area contributed by atoms with Crippen LogP contribution in [0.2, 0.25) is 0 Å². The summed E-state index contributed by atoms with van der Waals surface area (Å²) < 4.78 is 5.54. The van der Waals surface area contributed by atoms with Crippen molar-refractivity contribution < 1.29 is 19.4 Å². The standard InChI is InChI=1S/C17H20N2O4S/c1-3-9-23-13-7-5-12(6-8-13)16-18-14(11-24-16)17(22)19(4-2)10-15(20)21/h5-8,11H,3-4,9-10H2,1-2H3,(H,20,21). The van der Waals surface area contributed by atoms with Crippen LogP contribution in [0, 0.1) is 0 Å². The van der Waals surface area contributed by atoms with Gasteiger partial charge in [0.25, 0.3) is 5.91 Å². The number of likely N-dealkylation sites (N-methyl/N-ethyl adjacent to an activating group) is 1. The Morgan fingerprint density at radius 3 is 2.54 bits per heavy atom. The van der Waals surface area contributed by atoms with Crippen LogP contribution in [0.15, 0.2) is 29.6 Å². The Labute approximate surface area is 144 Å². The van der Waals surface area contributed by atoms with Gasteiger partial charge in [0.05, 0.1) is 6.61 Å². The topological polar surface area (TPSA) is 79.7 Å². The Kier molecular flexibility index (Phi) is 6.31. The molecule has 0 fully saturated rings. The number of hydrogen-bond donors (Lipinski definition) is 1. The number of ether oxygens (including phenoxy) is 1. The average molecular weight is 348 g/mol. The van der Waals surface area contributed by atoms with Crippen molar-refractivity contribution in [2.24, 2.45) is 0 Å². The number of nitrogens with zero attached hydrogens (tertiary/aromatic N) is 2. The molecule has 0 aliphatic rings. The zero-order chi connectivity index (χ0) is 17.5. The van der Waals surface area contributed by atoms with Gasteiger partial charge in [-0.15, -0.1) is 11.3 Å². The van der Waals surface area contributed by atoms with Gasteiger partial charge in [-0.3, -0.25) is 9.59 Å². The van der Waals surface area contributed by atoms with Gasteiger partial charge in [-0.05, 0) is 37.6 Å². The number of hydrogen-bond acceptors (Lipinski definition) is 5. The molecule has 0 radical (unpaired) electrons. The maximum Gasteiger partial charge on any atom is 0.323 e. The van der Waals surface area contributed by atoms with Crippen molar-refractivity contribution in [2.75, 3.05) is 19.7 Å². The third kappa shape index (κ3) is 4.55. The minimum Gasteiger partial charge on any atom is -0.494 e. The highest BCUT2D eigenvalue weighted by Crippen LogP contribution is 2.26. The highest BCUT2D eigenvalue weighted by Gasteiger charge is 2.20. The lowest BCUT2D eigenvalue weighted by molar-refractivity contribution is -0.137. The number of carbonyl (C=O) groups excluding carboxylic acids is 1. The summed E-state index contributed by atoms with van der Waals surface area (Å²) in [6.07, 6.45) is 0.948. The third-order valence-electron chi connectivity index (χ3n) is 3.29. The first-order valence-corrected chi connectivity index (χ1v) is 8.63. The van der Waals surface area contributed by atoms with Gasteiger partial charge >= 0.3 is 5.97 Å². The molecule has 1 aromatic carbocycles. The molecule has 24 heavy (non-hydrogen) atoms. The van der Waals surface area contributed by atoms with Crippen LogP contribution in [-0.2, 0) is 4.79 Å². The predicted octanol–water partition coefficient (Wildman–Crippen LogP) is 3.15. The minimum absolute atomic E-state index is 0.268. The molecule has 0 aliphatic carbocycles. The summed E-state index contributed by atoms with van der Waals surface area (Å²) in [5.41, 5.74) is 1.16. The molecule has 128 valence electrons. The van der Waals surface area contributed by atoms with E-state index in [-0.39, 0.29) is 18.1 Å². The Balaban J connectivity index is 2.12. The Morgan fingerprint density at radius 1 is 1.25 bits per heavy atom. The lowest BCUT2D eigenvalue weighted by Gasteiger charge is -2.16. The number of rotatable bonds is 8. The quantitative estimate of drug-likeness (QED) is 0.793. The highest BCUT2D eigenvalue weighted by atomic mass is 32.1. The number of carboxylic acids is 1. The molecule has 1 heterocycles. The van der Waals surface area contributed by atoms with Crippen LogP contribution in [-0.4, -0.2) is 46.6 Å². The van der Waals surface area contributed by atoms with Gasteiger partial charge in [-0.1, -0.05) is 6.92 Å².